The summed E-state index contributed by atoms with van der Waals surface area (Å²) in [7, 11) is 1.69. The maximum absolute atomic E-state index is 5.21. The van der Waals surface area contributed by atoms with E-state index in [-0.39, 0.29) is 0 Å². The second-order valence-electron chi connectivity index (χ2n) is 3.95. The zero-order chi connectivity index (χ0) is 10.7. The van der Waals surface area contributed by atoms with E-state index in [1.165, 1.54) is 31.5 Å². The molecule has 1 aliphatic rings. The van der Waals surface area contributed by atoms with Crippen LogP contribution in [0.2, 0.25) is 0 Å². The first kappa shape index (κ1) is 11.0. The van der Waals surface area contributed by atoms with Crippen LogP contribution in [0.3, 0.4) is 0 Å². The molecule has 0 amide bonds. The van der Waals surface area contributed by atoms with E-state index in [0.717, 1.165) is 16.8 Å². The van der Waals surface area contributed by atoms with Crippen molar-refractivity contribution in [3.63, 3.8) is 0 Å². The normalized spacial score (nSPS) is 16.9. The summed E-state index contributed by atoms with van der Waals surface area (Å²) in [4.78, 5) is 2.49. The number of benzene rings is 1. The van der Waals surface area contributed by atoms with Gasteiger partial charge in [0.25, 0.3) is 0 Å². The zero-order valence-electron chi connectivity index (χ0n) is 9.00. The molecule has 82 valence electrons. The van der Waals surface area contributed by atoms with Crippen LogP contribution in [0.25, 0.3) is 0 Å². The molecule has 0 radical (unpaired) electrons. The van der Waals surface area contributed by atoms with Gasteiger partial charge in [0.1, 0.15) is 5.75 Å². The lowest BCUT2D eigenvalue weighted by molar-refractivity contribution is 0.331. The van der Waals surface area contributed by atoms with Gasteiger partial charge in [0.05, 0.1) is 11.6 Å². The Balaban J connectivity index is 2.05. The highest BCUT2D eigenvalue weighted by Crippen LogP contribution is 2.26. The van der Waals surface area contributed by atoms with E-state index in [1.54, 1.807) is 7.11 Å². The van der Waals surface area contributed by atoms with E-state index in [1.807, 2.05) is 6.07 Å². The minimum absolute atomic E-state index is 0.903. The molecule has 0 spiro atoms. The number of methoxy groups -OCH3 is 1. The minimum Gasteiger partial charge on any atom is -0.496 e. The van der Waals surface area contributed by atoms with Gasteiger partial charge in [0, 0.05) is 6.54 Å². The van der Waals surface area contributed by atoms with Crippen LogP contribution in [0.1, 0.15) is 18.4 Å². The van der Waals surface area contributed by atoms with Crippen LogP contribution >= 0.6 is 15.9 Å². The molecule has 1 aromatic rings. The molecule has 1 heterocycles. The van der Waals surface area contributed by atoms with Gasteiger partial charge in [-0.2, -0.15) is 0 Å². The molecule has 0 aliphatic carbocycles. The van der Waals surface area contributed by atoms with Crippen LogP contribution in [-0.2, 0) is 6.54 Å². The van der Waals surface area contributed by atoms with Crippen molar-refractivity contribution in [1.82, 2.24) is 4.90 Å². The molecule has 15 heavy (non-hydrogen) atoms. The summed E-state index contributed by atoms with van der Waals surface area (Å²) in [5.74, 6) is 0.903. The van der Waals surface area contributed by atoms with Crippen LogP contribution in [0, 0.1) is 0 Å². The molecule has 2 rings (SSSR count). The highest BCUT2D eigenvalue weighted by atomic mass is 79.9. The van der Waals surface area contributed by atoms with E-state index in [4.69, 9.17) is 4.74 Å². The Labute approximate surface area is 99.4 Å². The lowest BCUT2D eigenvalue weighted by atomic mass is 10.2. The fourth-order valence-electron chi connectivity index (χ4n) is 2.01. The van der Waals surface area contributed by atoms with Gasteiger partial charge in [0.15, 0.2) is 0 Å². The molecule has 0 saturated carbocycles. The molecule has 0 atom stereocenters. The smallest absolute Gasteiger partial charge is 0.133 e. The average Bonchev–Trinajstić information content (AvgIpc) is 2.71. The van der Waals surface area contributed by atoms with Gasteiger partial charge in [-0.05, 0) is 59.6 Å². The molecule has 1 fully saturated rings. The van der Waals surface area contributed by atoms with Crippen molar-refractivity contribution in [3.8, 4) is 5.75 Å². The van der Waals surface area contributed by atoms with Gasteiger partial charge in [-0.1, -0.05) is 6.07 Å². The third kappa shape index (κ3) is 2.73. The van der Waals surface area contributed by atoms with Crippen LogP contribution < -0.4 is 4.74 Å². The van der Waals surface area contributed by atoms with Gasteiger partial charge in [-0.3, -0.25) is 4.90 Å². The first-order valence-corrected chi connectivity index (χ1v) is 6.13. The van der Waals surface area contributed by atoms with Crippen molar-refractivity contribution in [2.45, 2.75) is 19.4 Å². The van der Waals surface area contributed by atoms with Gasteiger partial charge < -0.3 is 4.74 Å². The molecular formula is C12H16BrNO. The average molecular weight is 270 g/mol. The lowest BCUT2D eigenvalue weighted by Crippen LogP contribution is -2.18. The quantitative estimate of drug-likeness (QED) is 0.837. The summed E-state index contributed by atoms with van der Waals surface area (Å²) >= 11 is 3.51. The number of ether oxygens (including phenoxy) is 1. The fourth-order valence-corrected chi connectivity index (χ4v) is 2.60. The second kappa shape index (κ2) is 4.99. The molecule has 0 N–H and O–H groups in total. The van der Waals surface area contributed by atoms with E-state index >= 15 is 0 Å². The first-order chi connectivity index (χ1) is 7.29. The minimum atomic E-state index is 0.903. The number of halogens is 1. The Morgan fingerprint density at radius 2 is 2.07 bits per heavy atom. The molecule has 2 nitrogen and oxygen atoms in total. The number of hydrogen-bond acceptors (Lipinski definition) is 2. The lowest BCUT2D eigenvalue weighted by Gasteiger charge is -2.15. The predicted molar refractivity (Wildman–Crippen MR) is 65.2 cm³/mol. The Morgan fingerprint density at radius 1 is 1.33 bits per heavy atom. The third-order valence-corrected chi connectivity index (χ3v) is 3.44. The molecule has 0 unspecified atom stereocenters. The topological polar surface area (TPSA) is 12.5 Å². The van der Waals surface area contributed by atoms with E-state index < -0.39 is 0 Å². The summed E-state index contributed by atoms with van der Waals surface area (Å²) in [5.41, 5.74) is 1.35. The van der Waals surface area contributed by atoms with Crippen molar-refractivity contribution >= 4 is 15.9 Å². The standard InChI is InChI=1S/C12H16BrNO/c1-15-12-5-4-10(8-11(12)13)9-14-6-2-3-7-14/h4-5,8H,2-3,6-7,9H2,1H3. The van der Waals surface area contributed by atoms with Crippen LogP contribution in [-0.4, -0.2) is 25.1 Å². The van der Waals surface area contributed by atoms with Gasteiger partial charge in [-0.25, -0.2) is 0 Å². The number of rotatable bonds is 3. The zero-order valence-corrected chi connectivity index (χ0v) is 10.6. The maximum atomic E-state index is 5.21. The number of likely N-dealkylation sites (tertiary alicyclic amines) is 1. The predicted octanol–water partition coefficient (Wildman–Crippen LogP) is 3.05. The molecule has 1 aliphatic heterocycles. The summed E-state index contributed by atoms with van der Waals surface area (Å²) < 4.78 is 6.25. The van der Waals surface area contributed by atoms with Crippen LogP contribution in [0.4, 0.5) is 0 Å². The van der Waals surface area contributed by atoms with Crippen molar-refractivity contribution < 1.29 is 4.74 Å². The van der Waals surface area contributed by atoms with Gasteiger partial charge >= 0.3 is 0 Å². The molecular weight excluding hydrogens is 254 g/mol. The molecule has 0 aromatic heterocycles. The Hall–Kier alpha value is -0.540. The Kier molecular flexibility index (Phi) is 3.65. The largest absolute Gasteiger partial charge is 0.496 e. The second-order valence-corrected chi connectivity index (χ2v) is 4.81. The summed E-state index contributed by atoms with van der Waals surface area (Å²) in [5, 5.41) is 0. The highest BCUT2D eigenvalue weighted by molar-refractivity contribution is 9.10. The van der Waals surface area contributed by atoms with Crippen molar-refractivity contribution in [2.24, 2.45) is 0 Å². The molecule has 3 heteroatoms. The van der Waals surface area contributed by atoms with Crippen LogP contribution in [0.5, 0.6) is 5.75 Å². The monoisotopic (exact) mass is 269 g/mol. The van der Waals surface area contributed by atoms with Crippen LogP contribution in [0.15, 0.2) is 22.7 Å². The molecule has 1 saturated heterocycles. The van der Waals surface area contributed by atoms with Crippen molar-refractivity contribution in [1.29, 1.82) is 0 Å². The van der Waals surface area contributed by atoms with E-state index in [2.05, 4.69) is 33.0 Å². The molecule has 1 aromatic carbocycles. The van der Waals surface area contributed by atoms with Gasteiger partial charge in [-0.15, -0.1) is 0 Å². The first-order valence-electron chi connectivity index (χ1n) is 5.34. The number of nitrogens with zero attached hydrogens (tertiary/aromatic N) is 1. The van der Waals surface area contributed by atoms with Crippen molar-refractivity contribution in [3.05, 3.63) is 28.2 Å². The van der Waals surface area contributed by atoms with E-state index in [9.17, 15) is 0 Å². The maximum Gasteiger partial charge on any atom is 0.133 e. The van der Waals surface area contributed by atoms with Crippen molar-refractivity contribution in [2.75, 3.05) is 20.2 Å². The highest BCUT2D eigenvalue weighted by Gasteiger charge is 2.12. The Bertz CT molecular complexity index is 334. The van der Waals surface area contributed by atoms with Gasteiger partial charge in [0.2, 0.25) is 0 Å². The fraction of sp³-hybridized carbons (Fsp3) is 0.500. The third-order valence-electron chi connectivity index (χ3n) is 2.82. The van der Waals surface area contributed by atoms with E-state index in [0.29, 0.717) is 0 Å². The summed E-state index contributed by atoms with van der Waals surface area (Å²) in [6, 6.07) is 6.31. The SMILES string of the molecule is COc1ccc(CN2CCCC2)cc1Br. The summed E-state index contributed by atoms with van der Waals surface area (Å²) in [6.45, 7) is 3.54. The Morgan fingerprint density at radius 3 is 2.67 bits per heavy atom. The molecule has 0 bridgehead atoms. The number of hydrogen-bond donors (Lipinski definition) is 0. The summed E-state index contributed by atoms with van der Waals surface area (Å²) in [6.07, 6.45) is 2.69.